The number of rotatable bonds is 9. The molecule has 0 unspecified atom stereocenters. The third kappa shape index (κ3) is 5.06. The van der Waals surface area contributed by atoms with Gasteiger partial charge in [-0.2, -0.15) is 0 Å². The highest BCUT2D eigenvalue weighted by Gasteiger charge is 2.44. The minimum Gasteiger partial charge on any atom is -0.465 e. The van der Waals surface area contributed by atoms with Crippen molar-refractivity contribution in [3.8, 4) is 0 Å². The molecule has 6 heteroatoms. The number of carbonyl (C=O) groups is 1. The van der Waals surface area contributed by atoms with Crippen molar-refractivity contribution in [3.63, 3.8) is 0 Å². The zero-order valence-electron chi connectivity index (χ0n) is 14.2. The fourth-order valence-corrected chi connectivity index (χ4v) is 3.53. The van der Waals surface area contributed by atoms with Gasteiger partial charge in [-0.1, -0.05) is 39.0 Å². The Morgan fingerprint density at radius 1 is 1.39 bits per heavy atom. The Hall–Kier alpha value is -0.860. The minimum atomic E-state index is -1.05. The molecule has 0 spiro atoms. The van der Waals surface area contributed by atoms with E-state index in [0.717, 1.165) is 9.13 Å². The highest BCUT2D eigenvalue weighted by Crippen LogP contribution is 2.39. The summed E-state index contributed by atoms with van der Waals surface area (Å²) in [4.78, 5) is 13.4. The van der Waals surface area contributed by atoms with Gasteiger partial charge in [0.2, 0.25) is 0 Å². The number of carboxylic acid groups (broad SMARTS) is 1. The van der Waals surface area contributed by atoms with Crippen LogP contribution in [0, 0.1) is 9.49 Å². The third-order valence-electron chi connectivity index (χ3n) is 3.51. The molecular formula is C17H26INO4. The third-order valence-corrected chi connectivity index (χ3v) is 4.45. The summed E-state index contributed by atoms with van der Waals surface area (Å²) >= 11 is 2.23. The first kappa shape index (κ1) is 20.2. The number of methoxy groups -OCH3 is 1. The molecule has 0 aromatic heterocycles. The van der Waals surface area contributed by atoms with E-state index in [4.69, 9.17) is 9.47 Å². The quantitative estimate of drug-likeness (QED) is 0.459. The van der Waals surface area contributed by atoms with Gasteiger partial charge in [-0.3, -0.25) is 4.90 Å². The van der Waals surface area contributed by atoms with E-state index in [9.17, 15) is 9.90 Å². The lowest BCUT2D eigenvalue weighted by molar-refractivity contribution is -0.209. The van der Waals surface area contributed by atoms with Crippen LogP contribution in [0.1, 0.15) is 39.2 Å². The van der Waals surface area contributed by atoms with E-state index >= 15 is 0 Å². The fraction of sp³-hybridized carbons (Fsp3) is 0.588. The van der Waals surface area contributed by atoms with Crippen LogP contribution in [0.15, 0.2) is 24.3 Å². The molecule has 1 atom stereocenters. The van der Waals surface area contributed by atoms with Crippen LogP contribution >= 0.6 is 22.6 Å². The van der Waals surface area contributed by atoms with Crippen LogP contribution in [0.25, 0.3) is 0 Å². The van der Waals surface area contributed by atoms with Gasteiger partial charge in [0.1, 0.15) is 6.79 Å². The molecule has 1 amide bonds. The monoisotopic (exact) mass is 435 g/mol. The van der Waals surface area contributed by atoms with E-state index in [1.807, 2.05) is 31.2 Å². The standard InChI is InChI=1S/C17H26INO4/c1-5-10-19(16(20)21)17(11-13(2)3,23-12-22-4)14-8-6-7-9-15(14)18/h6-9,13H,5,10-12H2,1-4H3,(H,20,21)/t17-/m1/s1. The van der Waals surface area contributed by atoms with E-state index in [1.54, 1.807) is 7.11 Å². The second kappa shape index (κ2) is 9.44. The number of ether oxygens (including phenoxy) is 2. The van der Waals surface area contributed by atoms with Crippen molar-refractivity contribution in [2.45, 2.75) is 39.3 Å². The van der Waals surface area contributed by atoms with Crippen LogP contribution in [-0.2, 0) is 15.2 Å². The number of hydrogen-bond donors (Lipinski definition) is 1. The topological polar surface area (TPSA) is 59.0 Å². The number of benzene rings is 1. The summed E-state index contributed by atoms with van der Waals surface area (Å²) in [5.41, 5.74) is -0.189. The Bertz CT molecular complexity index is 509. The maximum absolute atomic E-state index is 12.0. The molecule has 1 aromatic rings. The first-order chi connectivity index (χ1) is 10.9. The van der Waals surface area contributed by atoms with Crippen molar-refractivity contribution in [3.05, 3.63) is 33.4 Å². The SMILES string of the molecule is CCCN(C(=O)O)[C@](CC(C)C)(OCOC)c1ccccc1I. The minimum absolute atomic E-state index is 0.0329. The maximum atomic E-state index is 12.0. The Labute approximate surface area is 152 Å². The highest BCUT2D eigenvalue weighted by atomic mass is 127. The summed E-state index contributed by atoms with van der Waals surface area (Å²) in [6, 6.07) is 7.75. The summed E-state index contributed by atoms with van der Waals surface area (Å²) in [5.74, 6) is 0.251. The molecule has 0 saturated carbocycles. The van der Waals surface area contributed by atoms with Crippen molar-refractivity contribution >= 4 is 28.7 Å². The molecule has 130 valence electrons. The van der Waals surface area contributed by atoms with Crippen molar-refractivity contribution in [1.29, 1.82) is 0 Å². The van der Waals surface area contributed by atoms with Gasteiger partial charge in [0.25, 0.3) is 0 Å². The van der Waals surface area contributed by atoms with E-state index in [-0.39, 0.29) is 12.7 Å². The molecule has 23 heavy (non-hydrogen) atoms. The van der Waals surface area contributed by atoms with Crippen LogP contribution in [-0.4, -0.2) is 36.5 Å². The van der Waals surface area contributed by atoms with E-state index in [2.05, 4.69) is 36.4 Å². The molecule has 0 bridgehead atoms. The molecule has 1 N–H and O–H groups in total. The second-order valence-electron chi connectivity index (χ2n) is 5.85. The average molecular weight is 435 g/mol. The van der Waals surface area contributed by atoms with Gasteiger partial charge in [-0.25, -0.2) is 4.79 Å². The summed E-state index contributed by atoms with van der Waals surface area (Å²) in [6.45, 7) is 6.52. The molecule has 1 rings (SSSR count). The summed E-state index contributed by atoms with van der Waals surface area (Å²) < 4.78 is 12.1. The molecule has 5 nitrogen and oxygen atoms in total. The molecule has 0 saturated heterocycles. The Balaban J connectivity index is 3.51. The molecule has 0 radical (unpaired) electrons. The van der Waals surface area contributed by atoms with Crippen molar-refractivity contribution in [2.24, 2.45) is 5.92 Å². The lowest BCUT2D eigenvalue weighted by Gasteiger charge is -2.43. The molecule has 0 heterocycles. The molecule has 0 fully saturated rings. The van der Waals surface area contributed by atoms with Gasteiger partial charge in [0.05, 0.1) is 0 Å². The maximum Gasteiger partial charge on any atom is 0.409 e. The van der Waals surface area contributed by atoms with Crippen LogP contribution in [0.4, 0.5) is 4.79 Å². The zero-order chi connectivity index (χ0) is 17.5. The van der Waals surface area contributed by atoms with Crippen LogP contribution in [0.5, 0.6) is 0 Å². The fourth-order valence-electron chi connectivity index (χ4n) is 2.72. The van der Waals surface area contributed by atoms with Gasteiger partial charge >= 0.3 is 6.09 Å². The number of nitrogens with zero attached hydrogens (tertiary/aromatic N) is 1. The Morgan fingerprint density at radius 2 is 2.04 bits per heavy atom. The number of amides is 1. The predicted molar refractivity (Wildman–Crippen MR) is 98.3 cm³/mol. The molecule has 0 aliphatic rings. The predicted octanol–water partition coefficient (Wildman–Crippen LogP) is 4.50. The normalized spacial score (nSPS) is 13.8. The highest BCUT2D eigenvalue weighted by molar-refractivity contribution is 14.1. The number of halogens is 1. The van der Waals surface area contributed by atoms with Crippen molar-refractivity contribution in [1.82, 2.24) is 4.90 Å². The zero-order valence-corrected chi connectivity index (χ0v) is 16.4. The van der Waals surface area contributed by atoms with Crippen LogP contribution in [0.2, 0.25) is 0 Å². The first-order valence-electron chi connectivity index (χ1n) is 7.77. The Morgan fingerprint density at radius 3 is 2.52 bits per heavy atom. The second-order valence-corrected chi connectivity index (χ2v) is 7.01. The molecule has 1 aromatic carbocycles. The van der Waals surface area contributed by atoms with Crippen LogP contribution < -0.4 is 0 Å². The summed E-state index contributed by atoms with van der Waals surface area (Å²) in [6.07, 6.45) is 0.289. The summed E-state index contributed by atoms with van der Waals surface area (Å²) in [5, 5.41) is 9.81. The van der Waals surface area contributed by atoms with Crippen molar-refractivity contribution < 1.29 is 19.4 Å². The van der Waals surface area contributed by atoms with Gasteiger partial charge in [0, 0.05) is 29.2 Å². The van der Waals surface area contributed by atoms with E-state index in [1.165, 1.54) is 4.90 Å². The van der Waals surface area contributed by atoms with Crippen molar-refractivity contribution in [2.75, 3.05) is 20.4 Å². The molecule has 0 aliphatic carbocycles. The number of hydrogen-bond acceptors (Lipinski definition) is 3. The summed E-state index contributed by atoms with van der Waals surface area (Å²) in [7, 11) is 1.54. The average Bonchev–Trinajstić information content (AvgIpc) is 2.49. The van der Waals surface area contributed by atoms with Gasteiger partial charge in [0.15, 0.2) is 5.72 Å². The van der Waals surface area contributed by atoms with Gasteiger partial charge in [-0.15, -0.1) is 0 Å². The van der Waals surface area contributed by atoms with E-state index in [0.29, 0.717) is 19.4 Å². The lowest BCUT2D eigenvalue weighted by atomic mass is 9.91. The molecule has 0 aliphatic heterocycles. The van der Waals surface area contributed by atoms with Gasteiger partial charge in [-0.05, 0) is 41.0 Å². The first-order valence-corrected chi connectivity index (χ1v) is 8.85. The molecular weight excluding hydrogens is 409 g/mol. The largest absolute Gasteiger partial charge is 0.465 e. The van der Waals surface area contributed by atoms with Gasteiger partial charge < -0.3 is 14.6 Å². The smallest absolute Gasteiger partial charge is 0.409 e. The van der Waals surface area contributed by atoms with Crippen LogP contribution in [0.3, 0.4) is 0 Å². The lowest BCUT2D eigenvalue weighted by Crippen LogP contribution is -2.52. The Kier molecular flexibility index (Phi) is 8.28. The van der Waals surface area contributed by atoms with E-state index < -0.39 is 11.8 Å².